The van der Waals surface area contributed by atoms with Gasteiger partial charge in [-0.1, -0.05) is 36.4 Å². The number of methoxy groups -OCH3 is 2. The van der Waals surface area contributed by atoms with Gasteiger partial charge in [0.2, 0.25) is 0 Å². The molecule has 0 saturated heterocycles. The van der Waals surface area contributed by atoms with Crippen molar-refractivity contribution in [2.45, 2.75) is 25.9 Å². The van der Waals surface area contributed by atoms with Gasteiger partial charge in [0.25, 0.3) is 0 Å². The van der Waals surface area contributed by atoms with E-state index < -0.39 is 0 Å². The van der Waals surface area contributed by atoms with Crippen LogP contribution in [0.4, 0.5) is 0 Å². The molecule has 152 valence electrons. The smallest absolute Gasteiger partial charge is 0.191 e. The predicted molar refractivity (Wildman–Crippen MR) is 127 cm³/mol. The molecule has 1 atom stereocenters. The average Bonchev–Trinajstić information content (AvgIpc) is 2.71. The molecule has 0 saturated carbocycles. The summed E-state index contributed by atoms with van der Waals surface area (Å²) in [5.41, 5.74) is 3.34. The Kier molecular flexibility index (Phi) is 10.4. The zero-order chi connectivity index (χ0) is 19.6. The van der Waals surface area contributed by atoms with Crippen LogP contribution in [0, 0.1) is 0 Å². The largest absolute Gasteiger partial charge is 0.493 e. The van der Waals surface area contributed by atoms with Crippen molar-refractivity contribution in [3.05, 3.63) is 71.8 Å². The van der Waals surface area contributed by atoms with E-state index in [-0.39, 0.29) is 30.0 Å². The monoisotopic (exact) mass is 495 g/mol. The first-order valence-electron chi connectivity index (χ1n) is 8.99. The molecule has 0 aliphatic heterocycles. The lowest BCUT2D eigenvalue weighted by Crippen LogP contribution is -2.38. The van der Waals surface area contributed by atoms with Gasteiger partial charge in [-0.25, -0.2) is 0 Å². The van der Waals surface area contributed by atoms with Crippen LogP contribution in [-0.2, 0) is 13.0 Å². The van der Waals surface area contributed by atoms with Gasteiger partial charge in [0.15, 0.2) is 17.5 Å². The summed E-state index contributed by atoms with van der Waals surface area (Å²) in [6, 6.07) is 14.5. The van der Waals surface area contributed by atoms with E-state index in [1.165, 1.54) is 5.56 Å². The Bertz CT molecular complexity index is 779. The molecule has 2 N–H and O–H groups in total. The number of rotatable bonds is 8. The molecule has 1 unspecified atom stereocenters. The van der Waals surface area contributed by atoms with E-state index in [9.17, 15) is 0 Å². The van der Waals surface area contributed by atoms with Gasteiger partial charge in [0, 0.05) is 19.2 Å². The molecule has 0 radical (unpaired) electrons. The van der Waals surface area contributed by atoms with Gasteiger partial charge in [-0.05, 0) is 36.6 Å². The average molecular weight is 495 g/mol. The molecule has 0 aromatic heterocycles. The summed E-state index contributed by atoms with van der Waals surface area (Å²) in [6.07, 6.45) is 2.57. The highest BCUT2D eigenvalue weighted by molar-refractivity contribution is 14.0. The van der Waals surface area contributed by atoms with E-state index in [4.69, 9.17) is 9.47 Å². The molecule has 0 heterocycles. The van der Waals surface area contributed by atoms with Crippen LogP contribution in [0.5, 0.6) is 11.5 Å². The third kappa shape index (κ3) is 6.44. The second-order valence-electron chi connectivity index (χ2n) is 6.19. The van der Waals surface area contributed by atoms with Crippen LogP contribution in [0.3, 0.4) is 0 Å². The van der Waals surface area contributed by atoms with Crippen LogP contribution in [0.15, 0.2) is 60.1 Å². The number of hydrogen-bond donors (Lipinski definition) is 2. The Hall–Kier alpha value is -2.22. The van der Waals surface area contributed by atoms with Crippen LogP contribution in [0.1, 0.15) is 29.7 Å². The second-order valence-corrected chi connectivity index (χ2v) is 6.19. The Balaban J connectivity index is 0.00000392. The molecular weight excluding hydrogens is 465 g/mol. The Morgan fingerprint density at radius 1 is 1.18 bits per heavy atom. The number of nitrogens with one attached hydrogen (secondary N) is 2. The lowest BCUT2D eigenvalue weighted by Gasteiger charge is -2.19. The van der Waals surface area contributed by atoms with Crippen LogP contribution >= 0.6 is 24.0 Å². The van der Waals surface area contributed by atoms with E-state index in [0.717, 1.165) is 22.8 Å². The first kappa shape index (κ1) is 23.8. The maximum Gasteiger partial charge on any atom is 0.191 e. The Morgan fingerprint density at radius 3 is 2.46 bits per heavy atom. The van der Waals surface area contributed by atoms with Crippen LogP contribution in [-0.4, -0.2) is 27.2 Å². The molecule has 28 heavy (non-hydrogen) atoms. The number of allylic oxidation sites excluding steroid dienone is 1. The molecule has 2 rings (SSSR count). The number of hydrogen-bond acceptors (Lipinski definition) is 3. The van der Waals surface area contributed by atoms with Crippen molar-refractivity contribution < 1.29 is 9.47 Å². The molecule has 0 aliphatic rings. The van der Waals surface area contributed by atoms with E-state index >= 15 is 0 Å². The van der Waals surface area contributed by atoms with Gasteiger partial charge < -0.3 is 20.1 Å². The number of nitrogens with zero attached hydrogens (tertiary/aromatic N) is 1. The maximum absolute atomic E-state index is 5.49. The molecular formula is C22H30IN3O2. The summed E-state index contributed by atoms with van der Waals surface area (Å²) >= 11 is 0. The minimum absolute atomic E-state index is 0. The van der Waals surface area contributed by atoms with Gasteiger partial charge in [-0.15, -0.1) is 30.6 Å². The van der Waals surface area contributed by atoms with Crippen LogP contribution in [0.2, 0.25) is 0 Å². The van der Waals surface area contributed by atoms with E-state index in [1.54, 1.807) is 21.3 Å². The topological polar surface area (TPSA) is 54.9 Å². The highest BCUT2D eigenvalue weighted by Crippen LogP contribution is 2.33. The summed E-state index contributed by atoms with van der Waals surface area (Å²) in [7, 11) is 5.07. The van der Waals surface area contributed by atoms with Gasteiger partial charge in [-0.3, -0.25) is 4.99 Å². The van der Waals surface area contributed by atoms with E-state index in [0.29, 0.717) is 18.7 Å². The predicted octanol–water partition coefficient (Wildman–Crippen LogP) is 4.48. The molecule has 6 heteroatoms. The number of aliphatic imine (C=N–C) groups is 1. The standard InChI is InChI=1S/C22H29N3O2.HI/c1-6-10-19-13-17(14-20(26-4)21(19)27-5)15-24-22(23-3)25-16(2)18-11-8-7-9-12-18;/h6-9,11-14,16H,1,10,15H2,2-5H3,(H2,23,24,25);1H. The quantitative estimate of drug-likeness (QED) is 0.246. The van der Waals surface area contributed by atoms with Gasteiger partial charge in [0.05, 0.1) is 20.3 Å². The summed E-state index contributed by atoms with van der Waals surface area (Å²) in [5, 5.41) is 6.77. The molecule has 0 amide bonds. The van der Waals surface area contributed by atoms with Gasteiger partial charge >= 0.3 is 0 Å². The molecule has 2 aromatic carbocycles. The molecule has 2 aromatic rings. The lowest BCUT2D eigenvalue weighted by atomic mass is 10.1. The zero-order valence-electron chi connectivity index (χ0n) is 17.0. The Labute approximate surface area is 185 Å². The van der Waals surface area contributed by atoms with Crippen molar-refractivity contribution >= 4 is 29.9 Å². The molecule has 0 bridgehead atoms. The van der Waals surface area contributed by atoms with Crippen molar-refractivity contribution in [3.63, 3.8) is 0 Å². The van der Waals surface area contributed by atoms with Crippen molar-refractivity contribution in [1.82, 2.24) is 10.6 Å². The lowest BCUT2D eigenvalue weighted by molar-refractivity contribution is 0.352. The molecule has 5 nitrogen and oxygen atoms in total. The first-order valence-corrected chi connectivity index (χ1v) is 8.99. The second kappa shape index (κ2) is 12.3. The van der Waals surface area contributed by atoms with Crippen LogP contribution < -0.4 is 20.1 Å². The van der Waals surface area contributed by atoms with Crippen molar-refractivity contribution in [2.75, 3.05) is 21.3 Å². The number of ether oxygens (including phenoxy) is 2. The SMILES string of the molecule is C=CCc1cc(CNC(=NC)NC(C)c2ccccc2)cc(OC)c1OC.I. The van der Waals surface area contributed by atoms with Gasteiger partial charge in [0.1, 0.15) is 0 Å². The number of guanidine groups is 1. The van der Waals surface area contributed by atoms with E-state index in [1.807, 2.05) is 30.3 Å². The van der Waals surface area contributed by atoms with Crippen molar-refractivity contribution in [3.8, 4) is 11.5 Å². The summed E-state index contributed by atoms with van der Waals surface area (Å²) in [4.78, 5) is 4.33. The maximum atomic E-state index is 5.49. The first-order chi connectivity index (χ1) is 13.1. The van der Waals surface area contributed by atoms with E-state index in [2.05, 4.69) is 47.3 Å². The normalized spacial score (nSPS) is 11.8. The third-order valence-corrected chi connectivity index (χ3v) is 4.32. The number of halogens is 1. The fraction of sp³-hybridized carbons (Fsp3) is 0.318. The molecule has 0 aliphatic carbocycles. The van der Waals surface area contributed by atoms with Gasteiger partial charge in [-0.2, -0.15) is 0 Å². The summed E-state index contributed by atoms with van der Waals surface area (Å²) in [5.74, 6) is 2.21. The van der Waals surface area contributed by atoms with Crippen LogP contribution in [0.25, 0.3) is 0 Å². The minimum atomic E-state index is 0. The minimum Gasteiger partial charge on any atom is -0.493 e. The summed E-state index contributed by atoms with van der Waals surface area (Å²) in [6.45, 7) is 6.55. The summed E-state index contributed by atoms with van der Waals surface area (Å²) < 4.78 is 11.0. The molecule has 0 fully saturated rings. The highest BCUT2D eigenvalue weighted by Gasteiger charge is 2.12. The highest BCUT2D eigenvalue weighted by atomic mass is 127. The van der Waals surface area contributed by atoms with Crippen molar-refractivity contribution in [2.24, 2.45) is 4.99 Å². The third-order valence-electron chi connectivity index (χ3n) is 4.32. The fourth-order valence-electron chi connectivity index (χ4n) is 2.93. The fourth-order valence-corrected chi connectivity index (χ4v) is 2.93. The zero-order valence-corrected chi connectivity index (χ0v) is 19.3. The number of benzene rings is 2. The molecule has 0 spiro atoms. The van der Waals surface area contributed by atoms with Crippen molar-refractivity contribution in [1.29, 1.82) is 0 Å². The Morgan fingerprint density at radius 2 is 1.89 bits per heavy atom.